The van der Waals surface area contributed by atoms with E-state index in [1.807, 2.05) is 85.8 Å². The van der Waals surface area contributed by atoms with Crippen LogP contribution >= 0.6 is 0 Å². The Morgan fingerprint density at radius 1 is 0.817 bits per heavy atom. The summed E-state index contributed by atoms with van der Waals surface area (Å²) in [7, 11) is -3.98. The molecular formula is C46H51N5O8S. The summed E-state index contributed by atoms with van der Waals surface area (Å²) in [6, 6.07) is 36.9. The molecule has 0 aromatic heterocycles. The molecule has 7 rings (SSSR count). The van der Waals surface area contributed by atoms with Gasteiger partial charge in [0.2, 0.25) is 15.9 Å². The molecule has 2 heterocycles. The average Bonchev–Trinajstić information content (AvgIpc) is 3.27. The van der Waals surface area contributed by atoms with E-state index in [1.165, 1.54) is 12.1 Å². The van der Waals surface area contributed by atoms with Crippen LogP contribution in [0.15, 0.2) is 132 Å². The lowest BCUT2D eigenvalue weighted by Crippen LogP contribution is -2.51. The van der Waals surface area contributed by atoms with E-state index in [4.69, 9.17) is 9.47 Å². The molecule has 2 aliphatic rings. The Kier molecular flexibility index (Phi) is 13.7. The number of hydrogen-bond donors (Lipinski definition) is 3. The molecule has 0 radical (unpaired) electrons. The molecule has 314 valence electrons. The number of non-ortho nitro benzene ring substituents is 1. The number of nitro groups is 1. The minimum Gasteiger partial charge on any atom is -0.392 e. The first-order valence-electron chi connectivity index (χ1n) is 20.2. The summed E-state index contributed by atoms with van der Waals surface area (Å²) in [5.74, 6) is -0.450. The van der Waals surface area contributed by atoms with E-state index in [-0.39, 0.29) is 53.2 Å². The van der Waals surface area contributed by atoms with E-state index < -0.39 is 28.3 Å². The van der Waals surface area contributed by atoms with Crippen molar-refractivity contribution in [1.29, 1.82) is 0 Å². The first kappa shape index (κ1) is 42.6. The zero-order valence-electron chi connectivity index (χ0n) is 33.7. The van der Waals surface area contributed by atoms with Crippen LogP contribution in [0.2, 0.25) is 0 Å². The van der Waals surface area contributed by atoms with Gasteiger partial charge in [-0.3, -0.25) is 19.8 Å². The Morgan fingerprint density at radius 2 is 1.45 bits per heavy atom. The summed E-state index contributed by atoms with van der Waals surface area (Å²) < 4.78 is 42.8. The number of hydrogen-bond acceptors (Lipinski definition) is 10. The highest BCUT2D eigenvalue weighted by Gasteiger charge is 2.39. The first-order valence-corrected chi connectivity index (χ1v) is 21.7. The van der Waals surface area contributed by atoms with Crippen molar-refractivity contribution in [3.63, 3.8) is 0 Å². The number of carbonyl (C=O) groups excluding carboxylic acids is 1. The molecule has 0 bridgehead atoms. The second-order valence-corrected chi connectivity index (χ2v) is 17.2. The van der Waals surface area contributed by atoms with Gasteiger partial charge in [0.15, 0.2) is 6.29 Å². The van der Waals surface area contributed by atoms with Crippen molar-refractivity contribution in [2.45, 2.75) is 62.9 Å². The van der Waals surface area contributed by atoms with Crippen LogP contribution in [0.4, 0.5) is 11.4 Å². The minimum absolute atomic E-state index is 0.00400. The van der Waals surface area contributed by atoms with Crippen LogP contribution < -0.4 is 14.9 Å². The van der Waals surface area contributed by atoms with Crippen LogP contribution in [-0.4, -0.2) is 74.1 Å². The predicted molar refractivity (Wildman–Crippen MR) is 228 cm³/mol. The van der Waals surface area contributed by atoms with Crippen LogP contribution in [0.3, 0.4) is 0 Å². The number of piperazine rings is 1. The van der Waals surface area contributed by atoms with Crippen LogP contribution in [0.5, 0.6) is 0 Å². The first-order chi connectivity index (χ1) is 28.9. The molecule has 13 nitrogen and oxygen atoms in total. The van der Waals surface area contributed by atoms with Gasteiger partial charge in [-0.1, -0.05) is 103 Å². The summed E-state index contributed by atoms with van der Waals surface area (Å²) >= 11 is 0. The number of sulfonamides is 1. The van der Waals surface area contributed by atoms with Crippen molar-refractivity contribution in [3.05, 3.63) is 171 Å². The van der Waals surface area contributed by atoms with Crippen molar-refractivity contribution in [1.82, 2.24) is 14.9 Å². The zero-order chi connectivity index (χ0) is 42.2. The fourth-order valence-corrected chi connectivity index (χ4v) is 8.87. The number of aliphatic hydroxyl groups is 1. The molecule has 0 saturated carbocycles. The molecule has 5 unspecified atom stereocenters. The van der Waals surface area contributed by atoms with Crippen molar-refractivity contribution in [2.24, 2.45) is 5.92 Å². The number of nitro benzene ring substituents is 1. The fourth-order valence-electron chi connectivity index (χ4n) is 7.67. The van der Waals surface area contributed by atoms with Crippen LogP contribution in [0.1, 0.15) is 52.7 Å². The van der Waals surface area contributed by atoms with Gasteiger partial charge in [-0.15, -0.1) is 0 Å². The Hall–Kier alpha value is -5.48. The van der Waals surface area contributed by atoms with Crippen molar-refractivity contribution in [3.8, 4) is 0 Å². The van der Waals surface area contributed by atoms with Crippen molar-refractivity contribution in [2.75, 3.05) is 37.6 Å². The topological polar surface area (TPSA) is 164 Å². The van der Waals surface area contributed by atoms with Crippen molar-refractivity contribution >= 4 is 27.3 Å². The number of aryl methyl sites for hydroxylation is 1. The third kappa shape index (κ3) is 10.6. The molecule has 5 aromatic rings. The molecular weight excluding hydrogens is 783 g/mol. The highest BCUT2D eigenvalue weighted by molar-refractivity contribution is 7.89. The van der Waals surface area contributed by atoms with E-state index in [1.54, 1.807) is 36.4 Å². The molecule has 2 aliphatic heterocycles. The van der Waals surface area contributed by atoms with Gasteiger partial charge >= 0.3 is 0 Å². The predicted octanol–water partition coefficient (Wildman–Crippen LogP) is 6.22. The molecule has 3 N–H and O–H groups in total. The number of benzene rings is 5. The van der Waals surface area contributed by atoms with Gasteiger partial charge in [0.25, 0.3) is 5.69 Å². The smallest absolute Gasteiger partial charge is 0.269 e. The molecule has 1 amide bonds. The fraction of sp³-hybridized carbons (Fsp3) is 0.326. The number of carbonyl (C=O) groups is 1. The largest absolute Gasteiger partial charge is 0.392 e. The summed E-state index contributed by atoms with van der Waals surface area (Å²) in [5, 5.41) is 23.7. The summed E-state index contributed by atoms with van der Waals surface area (Å²) in [4.78, 5) is 29.1. The van der Waals surface area contributed by atoms with Gasteiger partial charge in [0.05, 0.1) is 28.6 Å². The lowest BCUT2D eigenvalue weighted by atomic mass is 9.90. The number of amides is 1. The van der Waals surface area contributed by atoms with Crippen molar-refractivity contribution < 1.29 is 32.7 Å². The van der Waals surface area contributed by atoms with E-state index in [0.29, 0.717) is 6.54 Å². The number of rotatable bonds is 15. The van der Waals surface area contributed by atoms with E-state index in [9.17, 15) is 28.4 Å². The van der Waals surface area contributed by atoms with Crippen LogP contribution in [-0.2, 0) is 43.9 Å². The standard InChI is InChI=1S/C46H51N5O8S/c1-32-8-22-41(23-9-32)60(56,57)48-42(28-34-6-4-3-5-7-34)45(53)47-29-35-10-16-38(17-11-35)46-58-43(33(2)44(59-46)37-14-12-36(31-52)13-15-37)30-49-24-26-50(27-25-49)39-18-20-40(21-19-39)51(54)55/h3-23,33,42-44,46,48,52H,24-31H2,1-2H3,(H,47,53). The van der Waals surface area contributed by atoms with Crippen LogP contribution in [0, 0.1) is 23.0 Å². The Labute approximate surface area is 351 Å². The third-order valence-electron chi connectivity index (χ3n) is 11.3. The molecule has 2 fully saturated rings. The monoisotopic (exact) mass is 833 g/mol. The zero-order valence-corrected chi connectivity index (χ0v) is 34.5. The Balaban J connectivity index is 1.02. The number of nitrogens with one attached hydrogen (secondary N) is 2. The average molecular weight is 834 g/mol. The number of nitrogens with zero attached hydrogens (tertiary/aromatic N) is 3. The maximum atomic E-state index is 13.6. The summed E-state index contributed by atoms with van der Waals surface area (Å²) in [6.07, 6.45) is -0.967. The van der Waals surface area contributed by atoms with Gasteiger partial charge in [0, 0.05) is 68.6 Å². The third-order valence-corrected chi connectivity index (χ3v) is 12.8. The maximum Gasteiger partial charge on any atom is 0.269 e. The summed E-state index contributed by atoms with van der Waals surface area (Å²) in [6.45, 7) is 7.96. The Morgan fingerprint density at radius 3 is 2.08 bits per heavy atom. The molecule has 2 saturated heterocycles. The molecule has 14 heteroatoms. The molecule has 60 heavy (non-hydrogen) atoms. The van der Waals surface area contributed by atoms with Crippen LogP contribution in [0.25, 0.3) is 0 Å². The van der Waals surface area contributed by atoms with Gasteiger partial charge in [-0.05, 0) is 59.9 Å². The number of anilines is 1. The van der Waals surface area contributed by atoms with E-state index in [2.05, 4.69) is 26.8 Å². The van der Waals surface area contributed by atoms with Gasteiger partial charge in [-0.25, -0.2) is 8.42 Å². The SMILES string of the molecule is Cc1ccc(S(=O)(=O)NC(Cc2ccccc2)C(=O)NCc2ccc(C3OC(CN4CCN(c5ccc([N+](=O)[O-])cc5)CC4)C(C)C(c4ccc(CO)cc4)O3)cc2)cc1. The molecule has 5 atom stereocenters. The van der Waals surface area contributed by atoms with Gasteiger partial charge in [0.1, 0.15) is 6.04 Å². The van der Waals surface area contributed by atoms with Gasteiger partial charge < -0.3 is 24.8 Å². The number of aliphatic hydroxyl groups excluding tert-OH is 1. The lowest BCUT2D eigenvalue weighted by molar-refractivity contribution is -0.384. The highest BCUT2D eigenvalue weighted by atomic mass is 32.2. The highest BCUT2D eigenvalue weighted by Crippen LogP contribution is 2.42. The summed E-state index contributed by atoms with van der Waals surface area (Å²) in [5.41, 5.74) is 6.21. The lowest BCUT2D eigenvalue weighted by Gasteiger charge is -2.44. The van der Waals surface area contributed by atoms with E-state index in [0.717, 1.165) is 65.2 Å². The quantitative estimate of drug-likeness (QED) is 0.0816. The number of ether oxygens (including phenoxy) is 2. The maximum absolute atomic E-state index is 13.6. The van der Waals surface area contributed by atoms with Gasteiger partial charge in [-0.2, -0.15) is 4.72 Å². The van der Waals surface area contributed by atoms with E-state index >= 15 is 0 Å². The molecule has 5 aromatic carbocycles. The second kappa shape index (κ2) is 19.3. The normalized spacial score (nSPS) is 20.4. The second-order valence-electron chi connectivity index (χ2n) is 15.5. The minimum atomic E-state index is -3.98. The Bertz CT molecular complexity index is 2300. The molecule has 0 aliphatic carbocycles. The molecule has 0 spiro atoms.